The van der Waals surface area contributed by atoms with Crippen molar-refractivity contribution < 1.29 is 4.79 Å². The molecule has 0 saturated heterocycles. The van der Waals surface area contributed by atoms with Gasteiger partial charge in [-0.1, -0.05) is 0 Å². The first-order chi connectivity index (χ1) is 8.84. The van der Waals surface area contributed by atoms with Crippen molar-refractivity contribution in [2.24, 2.45) is 0 Å². The van der Waals surface area contributed by atoms with Gasteiger partial charge in [-0.3, -0.25) is 4.79 Å². The number of carbonyl (C=O) groups excluding carboxylic acids is 1. The van der Waals surface area contributed by atoms with Crippen LogP contribution in [0.5, 0.6) is 0 Å². The highest BCUT2D eigenvalue weighted by Gasteiger charge is 2.05. The van der Waals surface area contributed by atoms with Crippen molar-refractivity contribution in [3.63, 3.8) is 0 Å². The maximum atomic E-state index is 11.7. The topological polar surface area (TPSA) is 68.6 Å². The maximum absolute atomic E-state index is 11.7. The van der Waals surface area contributed by atoms with Crippen LogP contribution in [-0.4, -0.2) is 26.2 Å². The van der Waals surface area contributed by atoms with Gasteiger partial charge in [-0.2, -0.15) is 20.4 Å². The van der Waals surface area contributed by atoms with Crippen molar-refractivity contribution in [3.05, 3.63) is 48.0 Å². The minimum atomic E-state index is 0.214. The van der Waals surface area contributed by atoms with Gasteiger partial charge in [0, 0.05) is 25.2 Å². The SMILES string of the molecule is O=C(CCc1cccnn1)CCc1cccnn1. The molecule has 0 spiro atoms. The lowest BCUT2D eigenvalue weighted by Crippen LogP contribution is -2.04. The van der Waals surface area contributed by atoms with Crippen LogP contribution < -0.4 is 0 Å². The van der Waals surface area contributed by atoms with Crippen molar-refractivity contribution in [1.29, 1.82) is 0 Å². The largest absolute Gasteiger partial charge is 0.300 e. The normalized spacial score (nSPS) is 10.2. The second-order valence-corrected chi connectivity index (χ2v) is 3.97. The second-order valence-electron chi connectivity index (χ2n) is 3.97. The Hall–Kier alpha value is -2.17. The summed E-state index contributed by atoms with van der Waals surface area (Å²) in [5, 5.41) is 15.4. The molecule has 0 N–H and O–H groups in total. The number of carbonyl (C=O) groups is 1. The standard InChI is InChI=1S/C13H14N4O/c18-13(7-5-11-3-1-9-14-16-11)8-6-12-4-2-10-15-17-12/h1-4,9-10H,5-8H2. The zero-order valence-corrected chi connectivity index (χ0v) is 9.99. The van der Waals surface area contributed by atoms with Gasteiger partial charge in [-0.25, -0.2) is 0 Å². The average Bonchev–Trinajstić information content (AvgIpc) is 2.45. The van der Waals surface area contributed by atoms with Gasteiger partial charge in [-0.15, -0.1) is 0 Å². The van der Waals surface area contributed by atoms with E-state index in [2.05, 4.69) is 20.4 Å². The van der Waals surface area contributed by atoms with Crippen LogP contribution in [-0.2, 0) is 17.6 Å². The maximum Gasteiger partial charge on any atom is 0.133 e. The Morgan fingerprint density at radius 3 is 1.78 bits per heavy atom. The highest BCUT2D eigenvalue weighted by atomic mass is 16.1. The number of hydrogen-bond acceptors (Lipinski definition) is 5. The number of ketones is 1. The molecule has 0 aromatic carbocycles. The first-order valence-electron chi connectivity index (χ1n) is 5.89. The van der Waals surface area contributed by atoms with Crippen LogP contribution in [0.4, 0.5) is 0 Å². The van der Waals surface area contributed by atoms with Crippen LogP contribution in [0.25, 0.3) is 0 Å². The smallest absolute Gasteiger partial charge is 0.133 e. The Labute approximate surface area is 105 Å². The van der Waals surface area contributed by atoms with Gasteiger partial charge in [0.2, 0.25) is 0 Å². The molecule has 0 radical (unpaired) electrons. The minimum absolute atomic E-state index is 0.214. The van der Waals surface area contributed by atoms with Gasteiger partial charge in [0.25, 0.3) is 0 Å². The van der Waals surface area contributed by atoms with Crippen LogP contribution in [0.1, 0.15) is 24.2 Å². The number of nitrogens with zero attached hydrogens (tertiary/aromatic N) is 4. The van der Waals surface area contributed by atoms with E-state index in [9.17, 15) is 4.79 Å². The predicted molar refractivity (Wildman–Crippen MR) is 65.7 cm³/mol. The van der Waals surface area contributed by atoms with Gasteiger partial charge in [0.05, 0.1) is 11.4 Å². The number of rotatable bonds is 6. The molecule has 2 heterocycles. The summed E-state index contributed by atoms with van der Waals surface area (Å²) < 4.78 is 0. The third-order valence-corrected chi connectivity index (χ3v) is 2.58. The molecule has 0 amide bonds. The van der Waals surface area contributed by atoms with Crippen molar-refractivity contribution in [2.75, 3.05) is 0 Å². The fraction of sp³-hybridized carbons (Fsp3) is 0.308. The van der Waals surface area contributed by atoms with Crippen LogP contribution in [0.2, 0.25) is 0 Å². The Balaban J connectivity index is 1.73. The molecule has 0 aliphatic heterocycles. The number of aromatic nitrogens is 4. The summed E-state index contributed by atoms with van der Waals surface area (Å²) in [7, 11) is 0. The number of Topliss-reactive ketones (excluding diaryl/α,β-unsaturated/α-hetero) is 1. The Bertz CT molecular complexity index is 441. The van der Waals surface area contributed by atoms with Crippen LogP contribution in [0, 0.1) is 0 Å². The Morgan fingerprint density at radius 2 is 1.39 bits per heavy atom. The van der Waals surface area contributed by atoms with Crippen LogP contribution >= 0.6 is 0 Å². The molecule has 92 valence electrons. The molecule has 2 rings (SSSR count). The summed E-state index contributed by atoms with van der Waals surface area (Å²) in [6.07, 6.45) is 5.54. The van der Waals surface area contributed by atoms with Crippen LogP contribution in [0.3, 0.4) is 0 Å². The molecule has 0 bridgehead atoms. The first-order valence-corrected chi connectivity index (χ1v) is 5.89. The van der Waals surface area contributed by atoms with Gasteiger partial charge in [0.15, 0.2) is 0 Å². The summed E-state index contributed by atoms with van der Waals surface area (Å²) in [6.45, 7) is 0. The lowest BCUT2D eigenvalue weighted by Gasteiger charge is -2.00. The lowest BCUT2D eigenvalue weighted by atomic mass is 10.1. The monoisotopic (exact) mass is 242 g/mol. The Morgan fingerprint density at radius 1 is 0.889 bits per heavy atom. The van der Waals surface area contributed by atoms with Gasteiger partial charge >= 0.3 is 0 Å². The van der Waals surface area contributed by atoms with E-state index in [1.165, 1.54) is 0 Å². The molecular weight excluding hydrogens is 228 g/mol. The summed E-state index contributed by atoms with van der Waals surface area (Å²) in [4.78, 5) is 11.7. The molecule has 2 aromatic heterocycles. The molecule has 5 nitrogen and oxygen atoms in total. The second kappa shape index (κ2) is 6.54. The zero-order chi connectivity index (χ0) is 12.6. The summed E-state index contributed by atoms with van der Waals surface area (Å²) >= 11 is 0. The number of aryl methyl sites for hydroxylation is 2. The molecular formula is C13H14N4O. The summed E-state index contributed by atoms with van der Waals surface area (Å²) in [5.74, 6) is 0.214. The van der Waals surface area contributed by atoms with E-state index in [-0.39, 0.29) is 5.78 Å². The van der Waals surface area contributed by atoms with E-state index in [0.29, 0.717) is 25.7 Å². The third-order valence-electron chi connectivity index (χ3n) is 2.58. The fourth-order valence-electron chi connectivity index (χ4n) is 1.59. The summed E-state index contributed by atoms with van der Waals surface area (Å²) in [5.41, 5.74) is 1.70. The van der Waals surface area contributed by atoms with Crippen molar-refractivity contribution in [3.8, 4) is 0 Å². The van der Waals surface area contributed by atoms with Gasteiger partial charge in [0.1, 0.15) is 5.78 Å². The highest BCUT2D eigenvalue weighted by molar-refractivity contribution is 5.78. The van der Waals surface area contributed by atoms with E-state index >= 15 is 0 Å². The molecule has 18 heavy (non-hydrogen) atoms. The predicted octanol–water partition coefficient (Wildman–Crippen LogP) is 1.40. The van der Waals surface area contributed by atoms with Gasteiger partial charge < -0.3 is 0 Å². The van der Waals surface area contributed by atoms with Crippen molar-refractivity contribution >= 4 is 5.78 Å². The molecule has 0 fully saturated rings. The highest BCUT2D eigenvalue weighted by Crippen LogP contribution is 2.03. The first kappa shape index (κ1) is 12.3. The van der Waals surface area contributed by atoms with Crippen molar-refractivity contribution in [1.82, 2.24) is 20.4 Å². The minimum Gasteiger partial charge on any atom is -0.300 e. The van der Waals surface area contributed by atoms with E-state index < -0.39 is 0 Å². The number of hydrogen-bond donors (Lipinski definition) is 0. The van der Waals surface area contributed by atoms with E-state index in [0.717, 1.165) is 11.4 Å². The molecule has 0 aliphatic rings. The lowest BCUT2D eigenvalue weighted by molar-refractivity contribution is -0.119. The zero-order valence-electron chi connectivity index (χ0n) is 9.99. The van der Waals surface area contributed by atoms with E-state index in [1.807, 2.05) is 24.3 Å². The molecule has 0 saturated carbocycles. The molecule has 2 aromatic rings. The molecule has 0 aliphatic carbocycles. The van der Waals surface area contributed by atoms with Crippen LogP contribution in [0.15, 0.2) is 36.7 Å². The molecule has 5 heteroatoms. The summed E-state index contributed by atoms with van der Waals surface area (Å²) in [6, 6.07) is 7.41. The van der Waals surface area contributed by atoms with Crippen molar-refractivity contribution in [2.45, 2.75) is 25.7 Å². The Kier molecular flexibility index (Phi) is 4.46. The van der Waals surface area contributed by atoms with E-state index in [1.54, 1.807) is 12.4 Å². The third kappa shape index (κ3) is 4.01. The fourth-order valence-corrected chi connectivity index (χ4v) is 1.59. The molecule has 0 unspecified atom stereocenters. The van der Waals surface area contributed by atoms with Gasteiger partial charge in [-0.05, 0) is 37.1 Å². The molecule has 0 atom stereocenters. The average molecular weight is 242 g/mol. The quantitative estimate of drug-likeness (QED) is 0.765. The van der Waals surface area contributed by atoms with E-state index in [4.69, 9.17) is 0 Å².